The van der Waals surface area contributed by atoms with Crippen molar-refractivity contribution >= 4 is 35.0 Å². The topological polar surface area (TPSA) is 110 Å². The van der Waals surface area contributed by atoms with E-state index < -0.39 is 6.03 Å². The highest BCUT2D eigenvalue weighted by Crippen LogP contribution is 2.27. The van der Waals surface area contributed by atoms with Crippen LogP contribution < -0.4 is 20.7 Å². The maximum atomic E-state index is 12.8. The molecule has 2 aromatic carbocycles. The molecule has 0 fully saturated rings. The lowest BCUT2D eigenvalue weighted by Gasteiger charge is -2.14. The van der Waals surface area contributed by atoms with E-state index >= 15 is 0 Å². The van der Waals surface area contributed by atoms with Crippen molar-refractivity contribution in [3.63, 3.8) is 0 Å². The van der Waals surface area contributed by atoms with Crippen LogP contribution in [0.25, 0.3) is 5.69 Å². The van der Waals surface area contributed by atoms with Crippen molar-refractivity contribution in [2.24, 2.45) is 0 Å². The molecule has 0 unspecified atom stereocenters. The van der Waals surface area contributed by atoms with Crippen LogP contribution >= 0.6 is 11.6 Å². The van der Waals surface area contributed by atoms with Gasteiger partial charge in [0, 0.05) is 41.5 Å². The number of carbonyl (C=O) groups is 2. The van der Waals surface area contributed by atoms with E-state index in [0.717, 1.165) is 11.4 Å². The van der Waals surface area contributed by atoms with Gasteiger partial charge in [0.2, 0.25) is 0 Å². The number of hydrogen-bond donors (Lipinski definition) is 3. The number of aromatic nitrogens is 3. The van der Waals surface area contributed by atoms with Crippen LogP contribution in [-0.2, 0) is 5.41 Å². The molecule has 9 nitrogen and oxygen atoms in total. The zero-order valence-corrected chi connectivity index (χ0v) is 21.6. The summed E-state index contributed by atoms with van der Waals surface area (Å²) >= 11 is 6.04. The molecule has 3 N–H and O–H groups in total. The third-order valence-corrected chi connectivity index (χ3v) is 5.58. The van der Waals surface area contributed by atoms with Crippen LogP contribution in [-0.4, -0.2) is 33.8 Å². The summed E-state index contributed by atoms with van der Waals surface area (Å²) in [5, 5.41) is 13.5. The molecule has 0 aliphatic carbocycles. The standard InChI is InChI=1S/C27H27ClN6O3/c1-27(2,3)23-16-24(34(33-23)19-9-5-17(28)6-10-19)32-26(36)31-18-7-11-20(12-8-18)37-21-13-14-30-22(15-21)25(35)29-4/h5-16H,1-4H3,(H,29,35)(H2,31,32,36). The second-order valence-electron chi connectivity index (χ2n) is 9.21. The van der Waals surface area contributed by atoms with Crippen molar-refractivity contribution in [1.29, 1.82) is 0 Å². The number of anilines is 2. The number of nitrogens with zero attached hydrogens (tertiary/aromatic N) is 3. The largest absolute Gasteiger partial charge is 0.457 e. The maximum absolute atomic E-state index is 12.8. The smallest absolute Gasteiger partial charge is 0.324 e. The summed E-state index contributed by atoms with van der Waals surface area (Å²) in [6.45, 7) is 6.17. The van der Waals surface area contributed by atoms with Crippen molar-refractivity contribution in [2.75, 3.05) is 17.7 Å². The second kappa shape index (κ2) is 10.7. The third kappa shape index (κ3) is 6.45. The van der Waals surface area contributed by atoms with E-state index in [4.69, 9.17) is 21.4 Å². The molecule has 0 saturated heterocycles. The zero-order chi connectivity index (χ0) is 26.6. The summed E-state index contributed by atoms with van der Waals surface area (Å²) in [6, 6.07) is 18.7. The molecular formula is C27H27ClN6O3. The Balaban J connectivity index is 1.46. The van der Waals surface area contributed by atoms with Gasteiger partial charge in [0.15, 0.2) is 0 Å². The Morgan fingerprint density at radius 3 is 2.27 bits per heavy atom. The lowest BCUT2D eigenvalue weighted by molar-refractivity contribution is 0.0958. The molecular weight excluding hydrogens is 492 g/mol. The van der Waals surface area contributed by atoms with Crippen LogP contribution in [0.1, 0.15) is 37.0 Å². The van der Waals surface area contributed by atoms with Gasteiger partial charge in [-0.3, -0.25) is 15.1 Å². The van der Waals surface area contributed by atoms with E-state index in [0.29, 0.717) is 28.0 Å². The Kier molecular flexibility index (Phi) is 7.45. The van der Waals surface area contributed by atoms with Gasteiger partial charge in [-0.15, -0.1) is 0 Å². The van der Waals surface area contributed by atoms with Gasteiger partial charge in [-0.2, -0.15) is 5.10 Å². The van der Waals surface area contributed by atoms with Gasteiger partial charge in [-0.25, -0.2) is 9.48 Å². The van der Waals surface area contributed by atoms with E-state index in [1.807, 2.05) is 18.2 Å². The molecule has 2 aromatic heterocycles. The van der Waals surface area contributed by atoms with E-state index in [2.05, 4.69) is 41.7 Å². The molecule has 3 amide bonds. The fourth-order valence-electron chi connectivity index (χ4n) is 3.36. The van der Waals surface area contributed by atoms with Crippen molar-refractivity contribution in [3.05, 3.63) is 89.3 Å². The molecule has 0 spiro atoms. The lowest BCUT2D eigenvalue weighted by atomic mass is 9.92. The average molecular weight is 519 g/mol. The molecule has 4 rings (SSSR count). The summed E-state index contributed by atoms with van der Waals surface area (Å²) < 4.78 is 7.48. The second-order valence-corrected chi connectivity index (χ2v) is 9.65. The molecule has 10 heteroatoms. The first kappa shape index (κ1) is 25.7. The molecule has 0 saturated carbocycles. The molecule has 0 aliphatic heterocycles. The number of carbonyl (C=O) groups excluding carboxylic acids is 2. The highest BCUT2D eigenvalue weighted by molar-refractivity contribution is 6.30. The molecule has 0 radical (unpaired) electrons. The van der Waals surface area contributed by atoms with Crippen LogP contribution in [0.3, 0.4) is 0 Å². The maximum Gasteiger partial charge on any atom is 0.324 e. The number of halogens is 1. The molecule has 0 aliphatic rings. The Bertz CT molecular complexity index is 1410. The summed E-state index contributed by atoms with van der Waals surface area (Å²) in [5.41, 5.74) is 2.21. The summed E-state index contributed by atoms with van der Waals surface area (Å²) in [7, 11) is 1.54. The molecule has 4 aromatic rings. The normalized spacial score (nSPS) is 11.1. The van der Waals surface area contributed by atoms with E-state index in [1.54, 1.807) is 53.2 Å². The minimum absolute atomic E-state index is 0.212. The summed E-state index contributed by atoms with van der Waals surface area (Å²) in [5.74, 6) is 1.23. The van der Waals surface area contributed by atoms with Crippen LogP contribution in [0.4, 0.5) is 16.3 Å². The van der Waals surface area contributed by atoms with E-state index in [1.165, 1.54) is 13.2 Å². The zero-order valence-electron chi connectivity index (χ0n) is 20.9. The van der Waals surface area contributed by atoms with Crippen molar-refractivity contribution < 1.29 is 14.3 Å². The van der Waals surface area contributed by atoms with Crippen LogP contribution in [0.2, 0.25) is 5.02 Å². The number of rotatable bonds is 6. The van der Waals surface area contributed by atoms with Crippen LogP contribution in [0, 0.1) is 0 Å². The van der Waals surface area contributed by atoms with Gasteiger partial charge < -0.3 is 15.4 Å². The first-order chi connectivity index (χ1) is 17.6. The number of amides is 3. The Labute approximate surface area is 219 Å². The van der Waals surface area contributed by atoms with Gasteiger partial charge in [0.05, 0.1) is 11.4 Å². The highest BCUT2D eigenvalue weighted by Gasteiger charge is 2.21. The number of nitrogens with one attached hydrogen (secondary N) is 3. The van der Waals surface area contributed by atoms with Gasteiger partial charge in [-0.1, -0.05) is 32.4 Å². The molecule has 2 heterocycles. The Hall–Kier alpha value is -4.37. The monoisotopic (exact) mass is 518 g/mol. The van der Waals surface area contributed by atoms with Crippen LogP contribution in [0.15, 0.2) is 72.9 Å². The SMILES string of the molecule is CNC(=O)c1cc(Oc2ccc(NC(=O)Nc3cc(C(C)(C)C)nn3-c3ccc(Cl)cc3)cc2)ccn1. The van der Waals surface area contributed by atoms with Gasteiger partial charge in [0.1, 0.15) is 23.0 Å². The van der Waals surface area contributed by atoms with Crippen molar-refractivity contribution in [2.45, 2.75) is 26.2 Å². The molecule has 0 atom stereocenters. The summed E-state index contributed by atoms with van der Waals surface area (Å²) in [4.78, 5) is 28.6. The highest BCUT2D eigenvalue weighted by atomic mass is 35.5. The number of urea groups is 1. The molecule has 190 valence electrons. The number of pyridine rings is 1. The lowest BCUT2D eigenvalue weighted by Crippen LogP contribution is -2.21. The number of hydrogen-bond acceptors (Lipinski definition) is 5. The first-order valence-electron chi connectivity index (χ1n) is 11.5. The molecule has 0 bridgehead atoms. The Morgan fingerprint density at radius 2 is 1.62 bits per heavy atom. The summed E-state index contributed by atoms with van der Waals surface area (Å²) in [6.07, 6.45) is 1.50. The van der Waals surface area contributed by atoms with E-state index in [-0.39, 0.29) is 17.0 Å². The average Bonchev–Trinajstić information content (AvgIpc) is 3.29. The minimum atomic E-state index is -0.423. The van der Waals surface area contributed by atoms with Gasteiger partial charge in [-0.05, 0) is 54.6 Å². The Morgan fingerprint density at radius 1 is 0.919 bits per heavy atom. The first-order valence-corrected chi connectivity index (χ1v) is 11.9. The predicted molar refractivity (Wildman–Crippen MR) is 144 cm³/mol. The fraction of sp³-hybridized carbons (Fsp3) is 0.185. The predicted octanol–water partition coefficient (Wildman–Crippen LogP) is 6.01. The van der Waals surface area contributed by atoms with Crippen LogP contribution in [0.5, 0.6) is 11.5 Å². The van der Waals surface area contributed by atoms with Gasteiger partial charge >= 0.3 is 6.03 Å². The van der Waals surface area contributed by atoms with Crippen molar-refractivity contribution in [3.8, 4) is 17.2 Å². The third-order valence-electron chi connectivity index (χ3n) is 5.33. The fourth-order valence-corrected chi connectivity index (χ4v) is 3.49. The van der Waals surface area contributed by atoms with Crippen molar-refractivity contribution in [1.82, 2.24) is 20.1 Å². The number of ether oxygens (including phenoxy) is 1. The molecule has 37 heavy (non-hydrogen) atoms. The quantitative estimate of drug-likeness (QED) is 0.289. The van der Waals surface area contributed by atoms with E-state index in [9.17, 15) is 9.59 Å². The van der Waals surface area contributed by atoms with Gasteiger partial charge in [0.25, 0.3) is 5.91 Å². The number of benzene rings is 2. The minimum Gasteiger partial charge on any atom is -0.457 e.